The second-order valence-electron chi connectivity index (χ2n) is 9.42. The van der Waals surface area contributed by atoms with Gasteiger partial charge < -0.3 is 29.1 Å². The summed E-state index contributed by atoms with van der Waals surface area (Å²) in [6.07, 6.45) is 0.0947. The zero-order valence-electron chi connectivity index (χ0n) is 21.0. The lowest BCUT2D eigenvalue weighted by molar-refractivity contribution is -0.129. The van der Waals surface area contributed by atoms with Gasteiger partial charge in [-0.25, -0.2) is 9.59 Å². The monoisotopic (exact) mass is 462 g/mol. The van der Waals surface area contributed by atoms with Crippen molar-refractivity contribution < 1.29 is 23.9 Å². The van der Waals surface area contributed by atoms with Gasteiger partial charge in [0.25, 0.3) is 0 Å². The van der Waals surface area contributed by atoms with Crippen LogP contribution in [-0.4, -0.2) is 98.4 Å². The summed E-state index contributed by atoms with van der Waals surface area (Å²) in [5.41, 5.74) is 0.716. The molecule has 1 aliphatic rings. The number of anilines is 1. The molecule has 1 aromatic rings. The maximum absolute atomic E-state index is 13.3. The average molecular weight is 463 g/mol. The van der Waals surface area contributed by atoms with E-state index in [0.29, 0.717) is 38.3 Å². The number of hydrogen-bond acceptors (Lipinski definition) is 7. The smallest absolute Gasteiger partial charge is 0.410 e. The summed E-state index contributed by atoms with van der Waals surface area (Å²) in [6, 6.07) is 6.64. The number of carbonyl (C=O) groups is 3. The van der Waals surface area contributed by atoms with Crippen molar-refractivity contribution in [2.24, 2.45) is 0 Å². The lowest BCUT2D eigenvalue weighted by Crippen LogP contribution is -2.41. The Morgan fingerprint density at radius 1 is 1.12 bits per heavy atom. The van der Waals surface area contributed by atoms with Crippen molar-refractivity contribution in [3.05, 3.63) is 29.8 Å². The first kappa shape index (κ1) is 26.4. The maximum Gasteiger partial charge on any atom is 0.410 e. The number of carbonyl (C=O) groups excluding carboxylic acids is 3. The summed E-state index contributed by atoms with van der Waals surface area (Å²) < 4.78 is 10.3. The van der Waals surface area contributed by atoms with Crippen LogP contribution in [0.5, 0.6) is 0 Å². The number of likely N-dealkylation sites (N-methyl/N-ethyl adjacent to an activating group) is 1. The van der Waals surface area contributed by atoms with Crippen molar-refractivity contribution in [3.8, 4) is 0 Å². The van der Waals surface area contributed by atoms with Gasteiger partial charge >= 0.3 is 12.1 Å². The molecule has 33 heavy (non-hydrogen) atoms. The van der Waals surface area contributed by atoms with Crippen molar-refractivity contribution in [2.75, 3.05) is 59.0 Å². The zero-order valence-corrected chi connectivity index (χ0v) is 21.0. The summed E-state index contributed by atoms with van der Waals surface area (Å²) in [5, 5.41) is 0. The summed E-state index contributed by atoms with van der Waals surface area (Å²) in [7, 11) is 5.29. The molecule has 1 unspecified atom stereocenters. The van der Waals surface area contributed by atoms with Crippen molar-refractivity contribution >= 4 is 23.7 Å². The summed E-state index contributed by atoms with van der Waals surface area (Å²) in [6.45, 7) is 10.1. The molecular weight excluding hydrogens is 424 g/mol. The van der Waals surface area contributed by atoms with E-state index in [9.17, 15) is 14.4 Å². The molecule has 1 atom stereocenters. The van der Waals surface area contributed by atoms with Gasteiger partial charge in [-0.2, -0.15) is 0 Å². The highest BCUT2D eigenvalue weighted by Gasteiger charge is 2.38. The molecule has 1 aromatic carbocycles. The standard InChI is InChI=1S/C24H38N4O5/c1-8-26(23(31)33-24(2,3)4)14-13-20-21(29)27(16-15-25(5)6)17-28(20)19-11-9-18(10-12-19)22(30)32-7/h9-12,20H,8,13-17H2,1-7H3. The maximum atomic E-state index is 13.3. The Hall–Kier alpha value is -2.81. The van der Waals surface area contributed by atoms with E-state index >= 15 is 0 Å². The number of amides is 2. The topological polar surface area (TPSA) is 82.6 Å². The predicted octanol–water partition coefficient (Wildman–Crippen LogP) is 2.66. The van der Waals surface area contributed by atoms with Gasteiger partial charge in [0.05, 0.1) is 19.3 Å². The molecule has 0 aliphatic carbocycles. The normalized spacial score (nSPS) is 16.4. The van der Waals surface area contributed by atoms with Crippen molar-refractivity contribution in [1.29, 1.82) is 0 Å². The minimum absolute atomic E-state index is 0.0362. The number of methoxy groups -OCH3 is 1. The van der Waals surface area contributed by atoms with Crippen LogP contribution in [0.4, 0.5) is 10.5 Å². The highest BCUT2D eigenvalue weighted by molar-refractivity contribution is 5.91. The molecule has 0 radical (unpaired) electrons. The van der Waals surface area contributed by atoms with Gasteiger partial charge in [0.2, 0.25) is 5.91 Å². The highest BCUT2D eigenvalue weighted by atomic mass is 16.6. The van der Waals surface area contributed by atoms with Crippen LogP contribution in [0, 0.1) is 0 Å². The van der Waals surface area contributed by atoms with Crippen LogP contribution in [0.2, 0.25) is 0 Å². The fourth-order valence-electron chi connectivity index (χ4n) is 3.63. The molecule has 0 saturated carbocycles. The van der Waals surface area contributed by atoms with E-state index in [-0.39, 0.29) is 12.0 Å². The fraction of sp³-hybridized carbons (Fsp3) is 0.625. The summed E-state index contributed by atoms with van der Waals surface area (Å²) >= 11 is 0. The molecule has 2 rings (SSSR count). The molecule has 0 spiro atoms. The molecule has 0 aromatic heterocycles. The molecular formula is C24H38N4O5. The Morgan fingerprint density at radius 3 is 2.27 bits per heavy atom. The highest BCUT2D eigenvalue weighted by Crippen LogP contribution is 2.27. The number of benzene rings is 1. The predicted molar refractivity (Wildman–Crippen MR) is 127 cm³/mol. The Balaban J connectivity index is 2.20. The molecule has 9 nitrogen and oxygen atoms in total. The van der Waals surface area contributed by atoms with Gasteiger partial charge in [0.15, 0.2) is 0 Å². The van der Waals surface area contributed by atoms with E-state index in [1.54, 1.807) is 17.0 Å². The number of rotatable bonds is 9. The van der Waals surface area contributed by atoms with Crippen LogP contribution in [0.15, 0.2) is 24.3 Å². The average Bonchev–Trinajstić information content (AvgIpc) is 3.06. The van der Waals surface area contributed by atoms with Gasteiger partial charge in [-0.1, -0.05) is 0 Å². The van der Waals surface area contributed by atoms with E-state index in [1.807, 2.05) is 68.6 Å². The van der Waals surface area contributed by atoms with Crippen LogP contribution < -0.4 is 4.90 Å². The Kier molecular flexibility index (Phi) is 9.10. The molecule has 1 fully saturated rings. The lowest BCUT2D eigenvalue weighted by Gasteiger charge is -2.29. The number of nitrogens with zero attached hydrogens (tertiary/aromatic N) is 4. The Labute approximate surface area is 197 Å². The zero-order chi connectivity index (χ0) is 24.8. The number of hydrogen-bond donors (Lipinski definition) is 0. The number of ether oxygens (including phenoxy) is 2. The Bertz CT molecular complexity index is 819. The van der Waals surface area contributed by atoms with E-state index in [1.165, 1.54) is 7.11 Å². The molecule has 1 saturated heterocycles. The third-order valence-electron chi connectivity index (χ3n) is 5.44. The largest absolute Gasteiger partial charge is 0.465 e. The second kappa shape index (κ2) is 11.4. The molecule has 1 heterocycles. The van der Waals surface area contributed by atoms with E-state index in [2.05, 4.69) is 0 Å². The summed E-state index contributed by atoms with van der Waals surface area (Å²) in [4.78, 5) is 45.1. The SMILES string of the molecule is CCN(CCC1C(=O)N(CCN(C)C)CN1c1ccc(C(=O)OC)cc1)C(=O)OC(C)(C)C. The van der Waals surface area contributed by atoms with Gasteiger partial charge in [-0.3, -0.25) is 4.79 Å². The first-order valence-corrected chi connectivity index (χ1v) is 11.3. The van der Waals surface area contributed by atoms with Crippen LogP contribution >= 0.6 is 0 Å². The molecule has 184 valence electrons. The third-order valence-corrected chi connectivity index (χ3v) is 5.44. The van der Waals surface area contributed by atoms with E-state index in [0.717, 1.165) is 12.2 Å². The molecule has 1 aliphatic heterocycles. The Morgan fingerprint density at radius 2 is 1.76 bits per heavy atom. The molecule has 0 N–H and O–H groups in total. The minimum atomic E-state index is -0.579. The van der Waals surface area contributed by atoms with E-state index in [4.69, 9.17) is 9.47 Å². The van der Waals surface area contributed by atoms with Gasteiger partial charge in [-0.05, 0) is 72.5 Å². The lowest BCUT2D eigenvalue weighted by atomic mass is 10.1. The fourth-order valence-corrected chi connectivity index (χ4v) is 3.63. The van der Waals surface area contributed by atoms with Crippen LogP contribution in [0.25, 0.3) is 0 Å². The van der Waals surface area contributed by atoms with Gasteiger partial charge in [-0.15, -0.1) is 0 Å². The van der Waals surface area contributed by atoms with Crippen LogP contribution in [-0.2, 0) is 14.3 Å². The first-order valence-electron chi connectivity index (χ1n) is 11.3. The van der Waals surface area contributed by atoms with Crippen molar-refractivity contribution in [1.82, 2.24) is 14.7 Å². The molecule has 2 amide bonds. The first-order chi connectivity index (χ1) is 15.5. The van der Waals surface area contributed by atoms with Crippen molar-refractivity contribution in [3.63, 3.8) is 0 Å². The van der Waals surface area contributed by atoms with Crippen LogP contribution in [0.3, 0.4) is 0 Å². The second-order valence-corrected chi connectivity index (χ2v) is 9.42. The number of esters is 1. The molecule has 0 bridgehead atoms. The molecule has 9 heteroatoms. The summed E-state index contributed by atoms with van der Waals surface area (Å²) in [5.74, 6) is -0.367. The third kappa shape index (κ3) is 7.35. The van der Waals surface area contributed by atoms with Gasteiger partial charge in [0.1, 0.15) is 11.6 Å². The van der Waals surface area contributed by atoms with Gasteiger partial charge in [0, 0.05) is 31.9 Å². The van der Waals surface area contributed by atoms with E-state index < -0.39 is 17.6 Å². The van der Waals surface area contributed by atoms with Crippen LogP contribution in [0.1, 0.15) is 44.5 Å². The quantitative estimate of drug-likeness (QED) is 0.522. The van der Waals surface area contributed by atoms with Crippen molar-refractivity contribution in [2.45, 2.75) is 45.8 Å². The minimum Gasteiger partial charge on any atom is -0.465 e.